The number of thiophene rings is 2. The maximum atomic E-state index is 16.2. The largest absolute Gasteiger partial charge is 0.507 e. The number of benzene rings is 2. The van der Waals surface area contributed by atoms with Gasteiger partial charge >= 0.3 is 0 Å². The molecule has 9 N–H and O–H groups in total. The van der Waals surface area contributed by atoms with Crippen LogP contribution in [0.1, 0.15) is 138 Å². The number of fused-ring (bicyclic) bond motifs is 6. The third kappa shape index (κ3) is 9.02. The number of aliphatic imine (C=N–C) groups is 1. The van der Waals surface area contributed by atoms with E-state index in [9.17, 15) is 15.3 Å². The van der Waals surface area contributed by atoms with E-state index in [0.29, 0.717) is 43.6 Å². The van der Waals surface area contributed by atoms with Crippen LogP contribution in [-0.2, 0) is 25.7 Å². The topological polar surface area (TPSA) is 181 Å². The Labute approximate surface area is 473 Å². The molecule has 6 aliphatic carbocycles. The second kappa shape index (κ2) is 20.6. The molecule has 410 valence electrons. The molecule has 9 bridgehead atoms. The summed E-state index contributed by atoms with van der Waals surface area (Å²) >= 11 is 3.28. The first kappa shape index (κ1) is 52.4. The minimum Gasteiger partial charge on any atom is -0.507 e. The number of nitrogens with one attached hydrogen (secondary N) is 4. The second-order valence-electron chi connectivity index (χ2n) is 25.1. The average Bonchev–Trinajstić information content (AvgIpc) is 2.69. The number of hydrogen-bond donors (Lipinski definition) is 8. The summed E-state index contributed by atoms with van der Waals surface area (Å²) in [4.78, 5) is 33.7. The van der Waals surface area contributed by atoms with Crippen molar-refractivity contribution in [3.8, 4) is 39.2 Å². The lowest BCUT2D eigenvalue weighted by atomic mass is 9.47. The Morgan fingerprint density at radius 3 is 2.63 bits per heavy atom. The Morgan fingerprint density at radius 2 is 1.82 bits per heavy atom. The summed E-state index contributed by atoms with van der Waals surface area (Å²) in [5.41, 5.74) is 12.0. The minimum atomic E-state index is -1.25. The van der Waals surface area contributed by atoms with Crippen LogP contribution in [0.4, 0.5) is 5.69 Å². The quantitative estimate of drug-likeness (QED) is 0.0222. The number of aromatic amines is 1. The van der Waals surface area contributed by atoms with Gasteiger partial charge in [0.15, 0.2) is 11.7 Å². The predicted octanol–water partition coefficient (Wildman–Crippen LogP) is 10.4. The van der Waals surface area contributed by atoms with Crippen LogP contribution in [0.3, 0.4) is 0 Å². The molecule has 0 radical (unpaired) electrons. The number of aliphatic hydroxyl groups is 2. The molecular formula is C66H75N7O4S2. The van der Waals surface area contributed by atoms with E-state index in [0.717, 1.165) is 117 Å². The van der Waals surface area contributed by atoms with Gasteiger partial charge in [-0.25, -0.2) is 9.98 Å². The maximum absolute atomic E-state index is 16.2. The smallest absolute Gasteiger partial charge is 0.189 e. The molecule has 12 unspecified atom stereocenters. The summed E-state index contributed by atoms with van der Waals surface area (Å²) < 4.78 is 0. The minimum absolute atomic E-state index is 0.0332. The lowest BCUT2D eigenvalue weighted by Gasteiger charge is -2.57. The fraction of sp³-hybridized carbons (Fsp3) is 0.500. The number of nitrogens with zero attached hydrogens (tertiary/aromatic N) is 2. The molecule has 3 aromatic heterocycles. The fourth-order valence-electron chi connectivity index (χ4n) is 17.4. The van der Waals surface area contributed by atoms with Gasteiger partial charge in [-0.2, -0.15) is 0 Å². The zero-order valence-corrected chi connectivity index (χ0v) is 47.5. The predicted molar refractivity (Wildman–Crippen MR) is 317 cm³/mol. The molecule has 2 aliphatic heterocycles. The van der Waals surface area contributed by atoms with E-state index in [-0.39, 0.29) is 71.1 Å². The first-order valence-electron chi connectivity index (χ1n) is 29.2. The average molecular weight is 1090 g/mol. The van der Waals surface area contributed by atoms with Gasteiger partial charge in [-0.1, -0.05) is 79.5 Å². The number of ketones is 1. The lowest BCUT2D eigenvalue weighted by molar-refractivity contribution is -0.0194. The summed E-state index contributed by atoms with van der Waals surface area (Å²) in [6, 6.07) is 16.3. The van der Waals surface area contributed by atoms with Gasteiger partial charge in [0.2, 0.25) is 0 Å². The van der Waals surface area contributed by atoms with Crippen molar-refractivity contribution in [3.05, 3.63) is 128 Å². The number of Topliss-reactive ketones (excluding diaryl/α,β-unsaturated/α-hetero) is 1. The van der Waals surface area contributed by atoms with Crippen molar-refractivity contribution in [3.63, 3.8) is 0 Å². The number of imidazole rings is 1. The van der Waals surface area contributed by atoms with E-state index in [1.807, 2.05) is 45.3 Å². The van der Waals surface area contributed by atoms with Crippen molar-refractivity contribution >= 4 is 46.2 Å². The Morgan fingerprint density at radius 1 is 0.987 bits per heavy atom. The van der Waals surface area contributed by atoms with Gasteiger partial charge in [0.05, 0.1) is 45.0 Å². The molecule has 2 aromatic carbocycles. The number of H-pyrrole nitrogens is 1. The molecule has 4 fully saturated rings. The monoisotopic (exact) mass is 1090 g/mol. The van der Waals surface area contributed by atoms with Crippen molar-refractivity contribution in [2.75, 3.05) is 25.5 Å². The van der Waals surface area contributed by atoms with Crippen LogP contribution in [0.2, 0.25) is 0 Å². The number of carbonyl (C=O) groups excluding carboxylic acids is 1. The van der Waals surface area contributed by atoms with Gasteiger partial charge in [-0.3, -0.25) is 4.79 Å². The van der Waals surface area contributed by atoms with Crippen LogP contribution in [0.15, 0.2) is 84.3 Å². The molecule has 13 rings (SSSR count). The van der Waals surface area contributed by atoms with E-state index in [2.05, 4.69) is 104 Å². The van der Waals surface area contributed by atoms with Crippen molar-refractivity contribution in [2.24, 2.45) is 62.5 Å². The Bertz CT molecular complexity index is 3400. The first-order chi connectivity index (χ1) is 38.3. The summed E-state index contributed by atoms with van der Waals surface area (Å²) in [5, 5.41) is 48.2. The summed E-state index contributed by atoms with van der Waals surface area (Å²) in [5.74, 6) is 14.8. The highest BCUT2D eigenvalue weighted by Crippen LogP contribution is 2.76. The Balaban J connectivity index is 1.05. The molecule has 11 nitrogen and oxygen atoms in total. The third-order valence-corrected chi connectivity index (χ3v) is 23.0. The lowest BCUT2D eigenvalue weighted by Crippen LogP contribution is -2.54. The Kier molecular flexibility index (Phi) is 13.6. The molecule has 0 amide bonds. The highest BCUT2D eigenvalue weighted by Gasteiger charge is 2.72. The highest BCUT2D eigenvalue weighted by atomic mass is 32.1. The number of rotatable bonds is 10. The summed E-state index contributed by atoms with van der Waals surface area (Å²) in [7, 11) is 2.03. The number of nitrogens with two attached hydrogens (primary N) is 1. The van der Waals surface area contributed by atoms with Gasteiger partial charge in [0.1, 0.15) is 5.75 Å². The molecule has 13 heteroatoms. The number of aliphatic hydroxyl groups excluding tert-OH is 1. The number of phenols is 1. The summed E-state index contributed by atoms with van der Waals surface area (Å²) in [6.07, 6.45) is 25.2. The van der Waals surface area contributed by atoms with Crippen LogP contribution in [-0.4, -0.2) is 81.0 Å². The van der Waals surface area contributed by atoms with Gasteiger partial charge in [-0.05, 0) is 179 Å². The van der Waals surface area contributed by atoms with Gasteiger partial charge in [-0.15, -0.1) is 28.6 Å². The Hall–Kier alpha value is -5.93. The van der Waals surface area contributed by atoms with Gasteiger partial charge < -0.3 is 42.0 Å². The van der Waals surface area contributed by atoms with Crippen LogP contribution in [0, 0.1) is 75.4 Å². The number of aromatic hydroxyl groups is 1. The van der Waals surface area contributed by atoms with E-state index < -0.39 is 22.5 Å². The molecule has 4 saturated carbocycles. The molecular weight excluding hydrogens is 1020 g/mol. The number of allylic oxidation sites excluding steroid dienone is 1. The van der Waals surface area contributed by atoms with E-state index in [1.54, 1.807) is 29.0 Å². The van der Waals surface area contributed by atoms with Gasteiger partial charge in [0, 0.05) is 69.9 Å². The number of phenolic OH excluding ortho intramolecular Hbond substituents is 1. The highest BCUT2D eigenvalue weighted by molar-refractivity contribution is 7.23. The van der Waals surface area contributed by atoms with Crippen LogP contribution in [0.5, 0.6) is 5.75 Å². The van der Waals surface area contributed by atoms with Crippen LogP contribution in [0.25, 0.3) is 15.8 Å². The maximum Gasteiger partial charge on any atom is 0.189 e. The normalized spacial score (nSPS) is 33.2. The van der Waals surface area contributed by atoms with Gasteiger partial charge in [0.25, 0.3) is 0 Å². The zero-order chi connectivity index (χ0) is 54.3. The van der Waals surface area contributed by atoms with E-state index in [1.165, 1.54) is 12.0 Å². The fourth-order valence-corrected chi connectivity index (χ4v) is 19.4. The number of guanidine groups is 1. The number of aromatic nitrogens is 2. The SMILES string of the molecule is CC#Cc1ccc(-c2ccc(C(=O)C3CCC45C=CC6C(C7C#Cc8c(cc(O)c9c8NC(C=C9)C(C)(O)Cc8cccc(c8Cc8cnc[nH]8)C7)CC4N=C(N)NC4CCCCC4)C4(CCC(CNC)C4CO)CC36C5)s2)s1. The standard InChI is InChI=1S/C66H75N7O4S2/c1-4-9-46-15-18-54(78-46)55-19-20-56(79-55)61(76)51-24-26-64-25-23-50-59(65(37-66(50,51)36-64)27-22-42(33-68-3)52(65)35-74)40-14-16-47-43(30-58(64)73-62(67)71-44-12-6-5-7-13-44)29-53(75)48-17-21-57(72-60(47)48)63(2,77)32-41-11-8-10-39(28-40)49(41)31-45-34-69-38-70-45/h8,10-11,15,17-21,23,25,29,34,38,40,42,44,50-52,57-59,68,72,74-75,77H,5-7,12-13,22,24,26-28,30-33,35-37H2,1-3H3,(H,69,70)(H3,67,71,73). The van der Waals surface area contributed by atoms with Crippen LogP contribution < -0.4 is 21.7 Å². The molecule has 12 atom stereocenters. The molecule has 8 aliphatic rings. The van der Waals surface area contributed by atoms with Crippen molar-refractivity contribution in [1.29, 1.82) is 0 Å². The summed E-state index contributed by atoms with van der Waals surface area (Å²) in [6.45, 7) is 4.63. The first-order valence-corrected chi connectivity index (χ1v) is 30.8. The molecule has 3 spiro atoms. The zero-order valence-electron chi connectivity index (χ0n) is 45.8. The molecule has 0 saturated heterocycles. The second-order valence-corrected chi connectivity index (χ2v) is 27.3. The van der Waals surface area contributed by atoms with Crippen LogP contribution >= 0.6 is 22.7 Å². The molecule has 5 aromatic rings. The number of anilines is 1. The number of carbonyl (C=O) groups is 1. The van der Waals surface area contributed by atoms with E-state index in [4.69, 9.17) is 10.7 Å². The van der Waals surface area contributed by atoms with Crippen molar-refractivity contribution in [1.82, 2.24) is 20.6 Å². The molecule has 5 heterocycles. The third-order valence-electron chi connectivity index (χ3n) is 20.8. The number of hydrogen-bond acceptors (Lipinski definition) is 10. The molecule has 79 heavy (non-hydrogen) atoms. The van der Waals surface area contributed by atoms with E-state index >= 15 is 4.79 Å². The van der Waals surface area contributed by atoms with Crippen molar-refractivity contribution < 1.29 is 20.1 Å². The van der Waals surface area contributed by atoms with Crippen molar-refractivity contribution in [2.45, 2.75) is 134 Å².